The summed E-state index contributed by atoms with van der Waals surface area (Å²) in [5.74, 6) is 2.28. The number of carbonyl (C=O) groups is 1. The summed E-state index contributed by atoms with van der Waals surface area (Å²) in [7, 11) is 1.64. The number of aromatic nitrogens is 2. The molecule has 6 nitrogen and oxygen atoms in total. The molecule has 182 valence electrons. The van der Waals surface area contributed by atoms with Crippen molar-refractivity contribution >= 4 is 28.5 Å². The normalized spacial score (nSPS) is 11.9. The number of hydrogen-bond acceptors (Lipinski definition) is 4. The van der Waals surface area contributed by atoms with Crippen LogP contribution < -0.4 is 14.8 Å². The van der Waals surface area contributed by atoms with Gasteiger partial charge in [0.05, 0.1) is 37.2 Å². The second-order valence-corrected chi connectivity index (χ2v) is 8.85. The number of methoxy groups -OCH3 is 1. The number of hydrogen-bond donors (Lipinski definition) is 1. The molecular weight excluding hydrogens is 462 g/mol. The Kier molecular flexibility index (Phi) is 8.27. The maximum Gasteiger partial charge on any atom is 0.224 e. The lowest BCUT2D eigenvalue weighted by Crippen LogP contribution is -2.30. The molecule has 1 amide bonds. The number of ether oxygens (including phenoxy) is 2. The summed E-state index contributed by atoms with van der Waals surface area (Å²) < 4.78 is 13.5. The Morgan fingerprint density at radius 1 is 1.00 bits per heavy atom. The van der Waals surface area contributed by atoms with E-state index in [0.29, 0.717) is 18.1 Å². The molecule has 4 rings (SSSR count). The average Bonchev–Trinajstić information content (AvgIpc) is 3.24. The second-order valence-electron chi connectivity index (χ2n) is 8.41. The Hall–Kier alpha value is -3.51. The van der Waals surface area contributed by atoms with Crippen LogP contribution in [-0.2, 0) is 17.8 Å². The van der Waals surface area contributed by atoms with Gasteiger partial charge >= 0.3 is 0 Å². The molecular formula is C28H30ClN3O3. The zero-order valence-corrected chi connectivity index (χ0v) is 20.8. The van der Waals surface area contributed by atoms with E-state index in [1.165, 1.54) is 0 Å². The summed E-state index contributed by atoms with van der Waals surface area (Å²) >= 11 is 5.95. The van der Waals surface area contributed by atoms with Crippen LogP contribution in [0.4, 0.5) is 0 Å². The van der Waals surface area contributed by atoms with Gasteiger partial charge in [-0.25, -0.2) is 4.98 Å². The average molecular weight is 492 g/mol. The van der Waals surface area contributed by atoms with Crippen LogP contribution >= 0.6 is 11.6 Å². The second kappa shape index (κ2) is 11.8. The third kappa shape index (κ3) is 6.34. The van der Waals surface area contributed by atoms with E-state index >= 15 is 0 Å². The molecule has 0 aliphatic heterocycles. The van der Waals surface area contributed by atoms with Crippen molar-refractivity contribution in [2.45, 2.75) is 38.8 Å². The molecule has 35 heavy (non-hydrogen) atoms. The molecule has 0 spiro atoms. The lowest BCUT2D eigenvalue weighted by molar-refractivity contribution is -0.121. The Bertz CT molecular complexity index is 1270. The highest BCUT2D eigenvalue weighted by Crippen LogP contribution is 2.26. The van der Waals surface area contributed by atoms with Crippen LogP contribution in [-0.4, -0.2) is 29.2 Å². The molecule has 1 N–H and O–H groups in total. The number of halogens is 1. The highest BCUT2D eigenvalue weighted by Gasteiger charge is 2.18. The third-order valence-corrected chi connectivity index (χ3v) is 6.08. The lowest BCUT2D eigenvalue weighted by Gasteiger charge is -2.17. The molecule has 0 radical (unpaired) electrons. The summed E-state index contributed by atoms with van der Waals surface area (Å²) in [6.07, 6.45) is 2.08. The first kappa shape index (κ1) is 24.6. The standard InChI is InChI=1S/C28H30ClN3O3/c1-20(30-27(33)19-21-13-15-22(29)16-14-21)28-31-23-9-3-4-10-24(23)32(28)17-7-8-18-35-26-12-6-5-11-25(26)34-2/h3-6,9-16,20H,7-8,17-19H2,1-2H3,(H,30,33). The third-order valence-electron chi connectivity index (χ3n) is 5.83. The highest BCUT2D eigenvalue weighted by molar-refractivity contribution is 6.30. The van der Waals surface area contributed by atoms with Gasteiger partial charge in [0.2, 0.25) is 5.91 Å². The fourth-order valence-corrected chi connectivity index (χ4v) is 4.22. The summed E-state index contributed by atoms with van der Waals surface area (Å²) in [4.78, 5) is 17.5. The topological polar surface area (TPSA) is 65.4 Å². The van der Waals surface area contributed by atoms with Gasteiger partial charge in [-0.3, -0.25) is 4.79 Å². The smallest absolute Gasteiger partial charge is 0.224 e. The van der Waals surface area contributed by atoms with Crippen LogP contribution in [0, 0.1) is 0 Å². The number of carbonyl (C=O) groups excluding carboxylic acids is 1. The van der Waals surface area contributed by atoms with E-state index in [0.717, 1.165) is 53.3 Å². The molecule has 4 aromatic rings. The maximum atomic E-state index is 12.7. The van der Waals surface area contributed by atoms with Crippen molar-refractivity contribution < 1.29 is 14.3 Å². The number of aryl methyl sites for hydroxylation is 1. The molecule has 0 saturated carbocycles. The van der Waals surface area contributed by atoms with Gasteiger partial charge in [-0.2, -0.15) is 0 Å². The minimum Gasteiger partial charge on any atom is -0.493 e. The summed E-state index contributed by atoms with van der Waals surface area (Å²) in [6.45, 7) is 3.35. The lowest BCUT2D eigenvalue weighted by atomic mass is 10.1. The van der Waals surface area contributed by atoms with Crippen molar-refractivity contribution in [2.24, 2.45) is 0 Å². The number of para-hydroxylation sites is 4. The van der Waals surface area contributed by atoms with E-state index in [-0.39, 0.29) is 11.9 Å². The van der Waals surface area contributed by atoms with Crippen LogP contribution in [0.3, 0.4) is 0 Å². The van der Waals surface area contributed by atoms with E-state index < -0.39 is 0 Å². The molecule has 1 atom stereocenters. The molecule has 0 aliphatic carbocycles. The molecule has 1 unspecified atom stereocenters. The predicted molar refractivity (Wildman–Crippen MR) is 139 cm³/mol. The van der Waals surface area contributed by atoms with E-state index in [4.69, 9.17) is 26.1 Å². The fraction of sp³-hybridized carbons (Fsp3) is 0.286. The zero-order valence-electron chi connectivity index (χ0n) is 20.0. The number of rotatable bonds is 11. The number of nitrogens with one attached hydrogen (secondary N) is 1. The van der Waals surface area contributed by atoms with Gasteiger partial charge in [-0.15, -0.1) is 0 Å². The predicted octanol–water partition coefficient (Wildman–Crippen LogP) is 5.98. The van der Waals surface area contributed by atoms with E-state index in [1.807, 2.05) is 61.5 Å². The van der Waals surface area contributed by atoms with E-state index in [9.17, 15) is 4.79 Å². The van der Waals surface area contributed by atoms with Crippen molar-refractivity contribution in [2.75, 3.05) is 13.7 Å². The van der Waals surface area contributed by atoms with Crippen LogP contribution in [0.5, 0.6) is 11.5 Å². The number of benzene rings is 3. The van der Waals surface area contributed by atoms with Gasteiger partial charge in [-0.1, -0.05) is 48.0 Å². The van der Waals surface area contributed by atoms with Crippen molar-refractivity contribution in [1.82, 2.24) is 14.9 Å². The van der Waals surface area contributed by atoms with Gasteiger partial charge in [-0.05, 0) is 61.7 Å². The molecule has 0 aliphatic rings. The number of amides is 1. The van der Waals surface area contributed by atoms with Crippen molar-refractivity contribution in [3.05, 3.63) is 89.2 Å². The minimum atomic E-state index is -0.230. The molecule has 7 heteroatoms. The highest BCUT2D eigenvalue weighted by atomic mass is 35.5. The van der Waals surface area contributed by atoms with Gasteiger partial charge in [0, 0.05) is 11.6 Å². The van der Waals surface area contributed by atoms with Crippen molar-refractivity contribution in [1.29, 1.82) is 0 Å². The first-order chi connectivity index (χ1) is 17.0. The van der Waals surface area contributed by atoms with Crippen LogP contribution in [0.25, 0.3) is 11.0 Å². The summed E-state index contributed by atoms with van der Waals surface area (Å²) in [5.41, 5.74) is 2.90. The van der Waals surface area contributed by atoms with Crippen LogP contribution in [0.1, 0.15) is 37.2 Å². The zero-order chi connectivity index (χ0) is 24.6. The summed E-state index contributed by atoms with van der Waals surface area (Å²) in [6, 6.07) is 22.8. The summed E-state index contributed by atoms with van der Waals surface area (Å²) in [5, 5.41) is 3.76. The van der Waals surface area contributed by atoms with E-state index in [1.54, 1.807) is 19.2 Å². The largest absolute Gasteiger partial charge is 0.493 e. The van der Waals surface area contributed by atoms with E-state index in [2.05, 4.69) is 16.0 Å². The molecule has 0 bridgehead atoms. The minimum absolute atomic E-state index is 0.0522. The first-order valence-electron chi connectivity index (χ1n) is 11.8. The number of nitrogens with zero attached hydrogens (tertiary/aromatic N) is 2. The van der Waals surface area contributed by atoms with Crippen molar-refractivity contribution in [3.63, 3.8) is 0 Å². The molecule has 0 fully saturated rings. The number of fused-ring (bicyclic) bond motifs is 1. The fourth-order valence-electron chi connectivity index (χ4n) is 4.10. The molecule has 3 aromatic carbocycles. The van der Waals surface area contributed by atoms with Crippen molar-refractivity contribution in [3.8, 4) is 11.5 Å². The molecule has 1 heterocycles. The monoisotopic (exact) mass is 491 g/mol. The quantitative estimate of drug-likeness (QED) is 0.262. The molecule has 0 saturated heterocycles. The first-order valence-corrected chi connectivity index (χ1v) is 12.2. The van der Waals surface area contributed by atoms with Crippen LogP contribution in [0.2, 0.25) is 5.02 Å². The maximum absolute atomic E-state index is 12.7. The Morgan fingerprint density at radius 3 is 2.49 bits per heavy atom. The van der Waals surface area contributed by atoms with Gasteiger partial charge in [0.15, 0.2) is 11.5 Å². The van der Waals surface area contributed by atoms with Gasteiger partial charge in [0.1, 0.15) is 5.82 Å². The van der Waals surface area contributed by atoms with Crippen LogP contribution in [0.15, 0.2) is 72.8 Å². The van der Waals surface area contributed by atoms with Gasteiger partial charge < -0.3 is 19.4 Å². The Balaban J connectivity index is 1.38. The number of imidazole rings is 1. The Morgan fingerprint density at radius 2 is 1.71 bits per heavy atom. The SMILES string of the molecule is COc1ccccc1OCCCCn1c(C(C)NC(=O)Cc2ccc(Cl)cc2)nc2ccccc21. The van der Waals surface area contributed by atoms with Gasteiger partial charge in [0.25, 0.3) is 0 Å². The molecule has 1 aromatic heterocycles. The Labute approximate surface area is 210 Å². The number of unbranched alkanes of at least 4 members (excludes halogenated alkanes) is 1.